The molecule has 1 saturated heterocycles. The van der Waals surface area contributed by atoms with Crippen molar-refractivity contribution in [3.63, 3.8) is 0 Å². The Hall–Kier alpha value is -5.83. The summed E-state index contributed by atoms with van der Waals surface area (Å²) in [6, 6.07) is 8.27. The number of aryl methyl sites for hydroxylation is 1. The van der Waals surface area contributed by atoms with E-state index in [0.29, 0.717) is 51.7 Å². The summed E-state index contributed by atoms with van der Waals surface area (Å²) >= 11 is 0. The zero-order chi connectivity index (χ0) is 41.2. The number of amides is 2. The number of piperazine rings is 1. The van der Waals surface area contributed by atoms with Crippen LogP contribution in [-0.4, -0.2) is 104 Å². The predicted molar refractivity (Wildman–Crippen MR) is 224 cm³/mol. The lowest BCUT2D eigenvalue weighted by atomic mass is 9.92. The number of nitrogens with zero attached hydrogens (tertiary/aromatic N) is 7. The molecule has 308 valence electrons. The van der Waals surface area contributed by atoms with Crippen LogP contribution in [0.1, 0.15) is 120 Å². The van der Waals surface area contributed by atoms with Crippen molar-refractivity contribution >= 4 is 63.3 Å². The van der Waals surface area contributed by atoms with E-state index in [4.69, 9.17) is 4.98 Å². The van der Waals surface area contributed by atoms with E-state index >= 15 is 0 Å². The van der Waals surface area contributed by atoms with Crippen molar-refractivity contribution in [2.45, 2.75) is 96.6 Å². The van der Waals surface area contributed by atoms with Crippen LogP contribution in [0.3, 0.4) is 0 Å². The number of carbonyl (C=O) groups excluding carboxylic acids is 5. The minimum atomic E-state index is -0.873. The van der Waals surface area contributed by atoms with E-state index in [2.05, 4.69) is 30.4 Å². The molecule has 4 aromatic rings. The molecule has 0 bridgehead atoms. The Morgan fingerprint density at radius 3 is 2.37 bits per heavy atom. The zero-order valence-corrected chi connectivity index (χ0v) is 33.8. The van der Waals surface area contributed by atoms with E-state index in [1.165, 1.54) is 6.92 Å². The van der Waals surface area contributed by atoms with Crippen LogP contribution in [0.25, 0.3) is 11.0 Å². The van der Waals surface area contributed by atoms with E-state index < -0.39 is 17.9 Å². The number of Topliss-reactive ketones (excluding diaryl/α,β-unsaturated/α-hetero) is 3. The summed E-state index contributed by atoms with van der Waals surface area (Å²) in [4.78, 5) is 96.6. The SMILES string of the molecule is CC(=O)c1c(C)c2cnc(Nc3ccc(N4CCN(CCCCCCNc5cccc6c5C(=O)N(C5CCC(=O)CC5=O)C6=O)CC4)cn3)nc2n(C2CCCC2)c1=O. The Labute approximate surface area is 342 Å². The van der Waals surface area contributed by atoms with Crippen molar-refractivity contribution < 1.29 is 24.0 Å². The Kier molecular flexibility index (Phi) is 11.6. The first-order chi connectivity index (χ1) is 28.6. The molecule has 4 aliphatic rings. The van der Waals surface area contributed by atoms with Crippen molar-refractivity contribution in [1.29, 1.82) is 0 Å². The summed E-state index contributed by atoms with van der Waals surface area (Å²) in [6.45, 7) is 8.65. The number of aromatic nitrogens is 4. The summed E-state index contributed by atoms with van der Waals surface area (Å²) in [6.07, 6.45) is 11.7. The minimum absolute atomic E-state index is 0.0101. The number of carbonyl (C=O) groups is 5. The first-order valence-corrected chi connectivity index (χ1v) is 21.0. The summed E-state index contributed by atoms with van der Waals surface area (Å²) in [5, 5.41) is 7.27. The van der Waals surface area contributed by atoms with Gasteiger partial charge in [0.15, 0.2) is 11.6 Å². The number of rotatable bonds is 14. The van der Waals surface area contributed by atoms with E-state index in [1.807, 2.05) is 18.3 Å². The van der Waals surface area contributed by atoms with Crippen LogP contribution in [0, 0.1) is 6.92 Å². The lowest BCUT2D eigenvalue weighted by Crippen LogP contribution is -2.47. The van der Waals surface area contributed by atoms with Crippen molar-refractivity contribution in [3.8, 4) is 0 Å². The fourth-order valence-corrected chi connectivity index (χ4v) is 9.20. The van der Waals surface area contributed by atoms with Crippen molar-refractivity contribution in [3.05, 3.63) is 75.3 Å². The van der Waals surface area contributed by atoms with Gasteiger partial charge in [-0.25, -0.2) is 9.97 Å². The maximum Gasteiger partial charge on any atom is 0.264 e. The molecule has 8 rings (SSSR count). The topological polar surface area (TPSA) is 180 Å². The fourth-order valence-electron chi connectivity index (χ4n) is 9.20. The van der Waals surface area contributed by atoms with Crippen LogP contribution in [0.5, 0.6) is 0 Å². The highest BCUT2D eigenvalue weighted by Crippen LogP contribution is 2.34. The van der Waals surface area contributed by atoms with E-state index in [-0.39, 0.29) is 53.8 Å². The Bertz CT molecular complexity index is 2360. The molecule has 0 spiro atoms. The number of imide groups is 1. The quantitative estimate of drug-likeness (QED) is 0.0694. The number of hydrogen-bond acceptors (Lipinski definition) is 13. The molecule has 2 amide bonds. The zero-order valence-electron chi connectivity index (χ0n) is 33.8. The molecular weight excluding hydrogens is 751 g/mol. The van der Waals surface area contributed by atoms with Gasteiger partial charge in [-0.3, -0.25) is 43.1 Å². The van der Waals surface area contributed by atoms with Gasteiger partial charge in [0, 0.05) is 62.5 Å². The number of hydrogen-bond donors (Lipinski definition) is 2. The summed E-state index contributed by atoms with van der Waals surface area (Å²) in [5.74, 6) is -0.737. The van der Waals surface area contributed by atoms with Gasteiger partial charge in [0.05, 0.1) is 41.0 Å². The predicted octanol–water partition coefficient (Wildman–Crippen LogP) is 5.64. The highest BCUT2D eigenvalue weighted by molar-refractivity contribution is 6.25. The smallest absolute Gasteiger partial charge is 0.264 e. The van der Waals surface area contributed by atoms with Crippen LogP contribution in [0.2, 0.25) is 0 Å². The molecule has 3 aromatic heterocycles. The molecule has 5 heterocycles. The third-order valence-electron chi connectivity index (χ3n) is 12.4. The van der Waals surface area contributed by atoms with Gasteiger partial charge in [0.1, 0.15) is 17.2 Å². The Balaban J connectivity index is 0.775. The third kappa shape index (κ3) is 8.12. The molecule has 2 N–H and O–H groups in total. The molecule has 59 heavy (non-hydrogen) atoms. The second kappa shape index (κ2) is 17.2. The van der Waals surface area contributed by atoms with Crippen LogP contribution in [0.4, 0.5) is 23.1 Å². The molecule has 15 heteroatoms. The van der Waals surface area contributed by atoms with E-state index in [0.717, 1.165) is 94.7 Å². The summed E-state index contributed by atoms with van der Waals surface area (Å²) in [7, 11) is 0. The van der Waals surface area contributed by atoms with Gasteiger partial charge in [-0.05, 0) is 82.3 Å². The van der Waals surface area contributed by atoms with E-state index in [1.54, 1.807) is 35.9 Å². The van der Waals surface area contributed by atoms with Crippen LogP contribution in [0.15, 0.2) is 47.5 Å². The summed E-state index contributed by atoms with van der Waals surface area (Å²) in [5.41, 5.74) is 3.37. The maximum absolute atomic E-state index is 13.6. The molecular formula is C44H51N9O6. The molecule has 2 aliphatic carbocycles. The lowest BCUT2D eigenvalue weighted by Gasteiger charge is -2.36. The number of nitrogens with one attached hydrogen (secondary N) is 2. The van der Waals surface area contributed by atoms with Gasteiger partial charge in [0.25, 0.3) is 17.4 Å². The highest BCUT2D eigenvalue weighted by Gasteiger charge is 2.45. The Morgan fingerprint density at radius 2 is 1.64 bits per heavy atom. The maximum atomic E-state index is 13.6. The van der Waals surface area contributed by atoms with Crippen molar-refractivity contribution in [1.82, 2.24) is 29.3 Å². The third-order valence-corrected chi connectivity index (χ3v) is 12.4. The molecule has 2 saturated carbocycles. The first kappa shape index (κ1) is 40.0. The fraction of sp³-hybridized carbons (Fsp3) is 0.477. The largest absolute Gasteiger partial charge is 0.384 e. The second-order valence-electron chi connectivity index (χ2n) is 16.2. The molecule has 1 unspecified atom stereocenters. The number of benzene rings is 1. The molecule has 1 atom stereocenters. The van der Waals surface area contributed by atoms with Gasteiger partial charge >= 0.3 is 0 Å². The van der Waals surface area contributed by atoms with Gasteiger partial charge in [0.2, 0.25) is 5.95 Å². The van der Waals surface area contributed by atoms with Crippen LogP contribution in [-0.2, 0) is 9.59 Å². The van der Waals surface area contributed by atoms with Gasteiger partial charge in [-0.2, -0.15) is 4.98 Å². The molecule has 0 radical (unpaired) electrons. The van der Waals surface area contributed by atoms with Crippen molar-refractivity contribution in [2.75, 3.05) is 54.8 Å². The lowest BCUT2D eigenvalue weighted by molar-refractivity contribution is -0.132. The number of unbranched alkanes of at least 4 members (excludes halogenated alkanes) is 3. The molecule has 1 aromatic carbocycles. The molecule has 2 aliphatic heterocycles. The summed E-state index contributed by atoms with van der Waals surface area (Å²) < 4.78 is 1.71. The number of pyridine rings is 2. The van der Waals surface area contributed by atoms with Gasteiger partial charge in [-0.15, -0.1) is 0 Å². The van der Waals surface area contributed by atoms with E-state index in [9.17, 15) is 28.8 Å². The van der Waals surface area contributed by atoms with Gasteiger partial charge < -0.3 is 15.5 Å². The van der Waals surface area contributed by atoms with Crippen LogP contribution >= 0.6 is 0 Å². The number of ketones is 3. The monoisotopic (exact) mass is 801 g/mol. The first-order valence-electron chi connectivity index (χ1n) is 21.0. The molecule has 3 fully saturated rings. The van der Waals surface area contributed by atoms with Gasteiger partial charge in [-0.1, -0.05) is 31.7 Å². The number of fused-ring (bicyclic) bond motifs is 2. The Morgan fingerprint density at radius 1 is 0.864 bits per heavy atom. The minimum Gasteiger partial charge on any atom is -0.384 e. The normalized spacial score (nSPS) is 18.9. The standard InChI is InChI=1S/C44H51N9O6/c1-27-33-26-47-44(49-40(33)52(29-10-5-6-11-29)42(58)38(27)28(2)54)48-37-17-14-30(25-46-37)51-22-20-50(21-23-51)19-8-4-3-7-18-45-34-13-9-12-32-39(34)43(59)53(41(32)57)35-16-15-31(55)24-36(35)56/h9,12-14,17,25-26,29,35,45H,3-8,10-11,15-16,18-24H2,1-2H3,(H,46,47,48,49). The number of anilines is 4. The molecule has 15 nitrogen and oxygen atoms in total. The van der Waals surface area contributed by atoms with Crippen molar-refractivity contribution in [2.24, 2.45) is 0 Å². The average Bonchev–Trinajstić information content (AvgIpc) is 3.84. The van der Waals surface area contributed by atoms with Crippen LogP contribution < -0.4 is 21.1 Å². The highest BCUT2D eigenvalue weighted by atomic mass is 16.2. The second-order valence-corrected chi connectivity index (χ2v) is 16.2. The average molecular weight is 802 g/mol.